The molecular formula is C33H42O4. The van der Waals surface area contributed by atoms with Crippen LogP contribution in [0.4, 0.5) is 0 Å². The number of benzene rings is 1. The zero-order chi connectivity index (χ0) is 26.3. The van der Waals surface area contributed by atoms with Gasteiger partial charge in [-0.15, -0.1) is 0 Å². The summed E-state index contributed by atoms with van der Waals surface area (Å²) in [4.78, 5) is 12.5. The first-order chi connectivity index (χ1) is 17.7. The predicted molar refractivity (Wildman–Crippen MR) is 147 cm³/mol. The van der Waals surface area contributed by atoms with Crippen LogP contribution in [-0.4, -0.2) is 34.5 Å². The lowest BCUT2D eigenvalue weighted by atomic mass is 9.60. The van der Waals surface area contributed by atoms with Gasteiger partial charge >= 0.3 is 5.97 Å². The first-order valence-electron chi connectivity index (χ1n) is 14.1. The number of aliphatic hydroxyl groups is 2. The van der Waals surface area contributed by atoms with Crippen molar-refractivity contribution in [2.75, 3.05) is 0 Å². The van der Waals surface area contributed by atoms with Crippen molar-refractivity contribution in [2.45, 2.75) is 89.4 Å². The summed E-state index contributed by atoms with van der Waals surface area (Å²) in [5.74, 6) is 1.24. The normalized spacial score (nSPS) is 39.2. The lowest BCUT2D eigenvalue weighted by Gasteiger charge is -2.44. The number of allylic oxidation sites excluding steroid dienone is 3. The van der Waals surface area contributed by atoms with Crippen LogP contribution in [0.2, 0.25) is 0 Å². The summed E-state index contributed by atoms with van der Waals surface area (Å²) in [6.45, 7) is 13.0. The van der Waals surface area contributed by atoms with E-state index in [-0.39, 0.29) is 23.4 Å². The topological polar surface area (TPSA) is 66.8 Å². The Labute approximate surface area is 221 Å². The summed E-state index contributed by atoms with van der Waals surface area (Å²) in [6, 6.07) is 10.2. The van der Waals surface area contributed by atoms with Crippen molar-refractivity contribution < 1.29 is 19.7 Å². The Hall–Kier alpha value is -2.43. The lowest BCUT2D eigenvalue weighted by Crippen LogP contribution is -2.37. The summed E-state index contributed by atoms with van der Waals surface area (Å²) < 4.78 is 5.89. The molecule has 0 radical (unpaired) electrons. The van der Waals surface area contributed by atoms with Gasteiger partial charge in [0, 0.05) is 12.0 Å². The molecular weight excluding hydrogens is 460 g/mol. The number of cyclic esters (lactones) is 1. The molecule has 37 heavy (non-hydrogen) atoms. The van der Waals surface area contributed by atoms with E-state index in [0.29, 0.717) is 36.2 Å². The Balaban J connectivity index is 1.33. The van der Waals surface area contributed by atoms with E-state index in [0.717, 1.165) is 29.6 Å². The van der Waals surface area contributed by atoms with E-state index < -0.39 is 12.2 Å². The van der Waals surface area contributed by atoms with Gasteiger partial charge in [-0.2, -0.15) is 0 Å². The van der Waals surface area contributed by atoms with Crippen LogP contribution in [0, 0.1) is 23.2 Å². The Kier molecular flexibility index (Phi) is 7.35. The molecule has 0 spiro atoms. The maximum atomic E-state index is 12.5. The van der Waals surface area contributed by atoms with Crippen molar-refractivity contribution >= 4 is 5.97 Å². The standard InChI is InChI=1S/C33H42O4/c1-20(17-30-31(22(3)32(36)37-30)24-9-6-5-7-10-24)27-14-15-28-23(11-8-16-33(27,28)4)12-13-25-18-26(34)19-29(35)21(25)2/h5-7,9-10,12-13,20,26-31,34-35H,2-3,8,11,14-19H2,1,4H3/b23-12+,25-13-/t20-,26-,27-,28+,29+,30?,31?,33-/m1/s1. The van der Waals surface area contributed by atoms with Gasteiger partial charge in [0.25, 0.3) is 0 Å². The Morgan fingerprint density at radius 1 is 1.14 bits per heavy atom. The fourth-order valence-corrected chi connectivity index (χ4v) is 8.10. The zero-order valence-electron chi connectivity index (χ0n) is 22.4. The molecule has 4 nitrogen and oxygen atoms in total. The number of fused-ring (bicyclic) bond motifs is 1. The van der Waals surface area contributed by atoms with Crippen molar-refractivity contribution in [3.63, 3.8) is 0 Å². The average molecular weight is 503 g/mol. The number of aliphatic hydroxyl groups excluding tert-OH is 2. The molecule has 2 N–H and O–H groups in total. The van der Waals surface area contributed by atoms with Crippen LogP contribution in [0.1, 0.15) is 76.7 Å². The monoisotopic (exact) mass is 502 g/mol. The molecule has 5 rings (SSSR count). The smallest absolute Gasteiger partial charge is 0.334 e. The van der Waals surface area contributed by atoms with Gasteiger partial charge in [0.05, 0.1) is 18.1 Å². The average Bonchev–Trinajstić information content (AvgIpc) is 3.36. The number of carbonyl (C=O) groups excluding carboxylic acids is 1. The maximum absolute atomic E-state index is 12.5. The van der Waals surface area contributed by atoms with Gasteiger partial charge in [0.15, 0.2) is 0 Å². The molecule has 3 saturated carbocycles. The zero-order valence-corrected chi connectivity index (χ0v) is 22.4. The molecule has 1 heterocycles. The highest BCUT2D eigenvalue weighted by Gasteiger charge is 2.52. The van der Waals surface area contributed by atoms with Crippen LogP contribution < -0.4 is 0 Å². The third-order valence-corrected chi connectivity index (χ3v) is 10.0. The van der Waals surface area contributed by atoms with Crippen molar-refractivity contribution in [1.82, 2.24) is 0 Å². The van der Waals surface area contributed by atoms with Crippen LogP contribution >= 0.6 is 0 Å². The molecule has 0 aromatic heterocycles. The molecule has 198 valence electrons. The van der Waals surface area contributed by atoms with Gasteiger partial charge in [-0.25, -0.2) is 4.79 Å². The highest BCUT2D eigenvalue weighted by molar-refractivity contribution is 5.92. The third-order valence-electron chi connectivity index (χ3n) is 10.0. The quantitative estimate of drug-likeness (QED) is 0.360. The second-order valence-corrected chi connectivity index (χ2v) is 12.2. The van der Waals surface area contributed by atoms with Gasteiger partial charge in [-0.1, -0.05) is 75.1 Å². The summed E-state index contributed by atoms with van der Waals surface area (Å²) in [7, 11) is 0. The van der Waals surface area contributed by atoms with E-state index >= 15 is 0 Å². The first kappa shape index (κ1) is 26.2. The summed E-state index contributed by atoms with van der Waals surface area (Å²) in [5.41, 5.74) is 5.15. The Morgan fingerprint density at radius 3 is 2.65 bits per heavy atom. The highest BCUT2D eigenvalue weighted by Crippen LogP contribution is 2.60. The second-order valence-electron chi connectivity index (χ2n) is 12.2. The number of rotatable bonds is 5. The fourth-order valence-electron chi connectivity index (χ4n) is 8.10. The summed E-state index contributed by atoms with van der Waals surface area (Å²) >= 11 is 0. The minimum atomic E-state index is -0.651. The molecule has 0 bridgehead atoms. The molecule has 4 heteroatoms. The number of esters is 1. The number of ether oxygens (including phenoxy) is 1. The van der Waals surface area contributed by atoms with Gasteiger partial charge in [-0.3, -0.25) is 0 Å². The van der Waals surface area contributed by atoms with Crippen LogP contribution in [0.25, 0.3) is 0 Å². The highest BCUT2D eigenvalue weighted by atomic mass is 16.6. The van der Waals surface area contributed by atoms with Crippen molar-refractivity contribution in [3.05, 3.63) is 83.5 Å². The Morgan fingerprint density at radius 2 is 1.89 bits per heavy atom. The SMILES string of the molecule is C=C1C(=O)OC(C[C@@H](C)[C@H]2CC[C@H]3/C(=C/C=C4/C[C@@H](O)C[C@H](O)C4=C)CCC[C@]23C)C1c1ccccc1. The largest absolute Gasteiger partial charge is 0.458 e. The lowest BCUT2D eigenvalue weighted by molar-refractivity contribution is -0.139. The molecule has 0 amide bonds. The Bertz CT molecular complexity index is 1110. The first-order valence-corrected chi connectivity index (χ1v) is 14.1. The molecule has 4 aliphatic rings. The molecule has 3 aliphatic carbocycles. The van der Waals surface area contributed by atoms with Gasteiger partial charge in [-0.05, 0) is 84.8 Å². The summed E-state index contributed by atoms with van der Waals surface area (Å²) in [6.07, 6.45) is 10.8. The van der Waals surface area contributed by atoms with E-state index in [1.165, 1.54) is 31.3 Å². The number of hydrogen-bond donors (Lipinski definition) is 2. The van der Waals surface area contributed by atoms with Gasteiger partial charge < -0.3 is 14.9 Å². The van der Waals surface area contributed by atoms with Crippen LogP contribution in [0.15, 0.2) is 77.9 Å². The number of hydrogen-bond acceptors (Lipinski definition) is 4. The van der Waals surface area contributed by atoms with Gasteiger partial charge in [0.2, 0.25) is 0 Å². The van der Waals surface area contributed by atoms with E-state index in [2.05, 4.69) is 51.3 Å². The van der Waals surface area contributed by atoms with Crippen molar-refractivity contribution in [1.29, 1.82) is 0 Å². The molecule has 8 atom stereocenters. The van der Waals surface area contributed by atoms with Crippen LogP contribution in [-0.2, 0) is 9.53 Å². The van der Waals surface area contributed by atoms with E-state index in [1.807, 2.05) is 18.2 Å². The van der Waals surface area contributed by atoms with E-state index in [4.69, 9.17) is 4.74 Å². The molecule has 1 aromatic rings. The second kappa shape index (κ2) is 10.4. The van der Waals surface area contributed by atoms with Gasteiger partial charge in [0.1, 0.15) is 6.10 Å². The third kappa shape index (κ3) is 4.91. The molecule has 1 saturated heterocycles. The van der Waals surface area contributed by atoms with E-state index in [9.17, 15) is 15.0 Å². The van der Waals surface area contributed by atoms with Crippen LogP contribution in [0.5, 0.6) is 0 Å². The number of carbonyl (C=O) groups is 1. The fraction of sp³-hybridized carbons (Fsp3) is 0.545. The predicted octanol–water partition coefficient (Wildman–Crippen LogP) is 6.42. The molecule has 1 aliphatic heterocycles. The molecule has 1 aromatic carbocycles. The molecule has 2 unspecified atom stereocenters. The molecule has 4 fully saturated rings. The minimum absolute atomic E-state index is 0.0658. The van der Waals surface area contributed by atoms with Crippen molar-refractivity contribution in [3.8, 4) is 0 Å². The van der Waals surface area contributed by atoms with Crippen LogP contribution in [0.3, 0.4) is 0 Å². The summed E-state index contributed by atoms with van der Waals surface area (Å²) in [5, 5.41) is 20.4. The van der Waals surface area contributed by atoms with E-state index in [1.54, 1.807) is 0 Å². The minimum Gasteiger partial charge on any atom is -0.458 e. The van der Waals surface area contributed by atoms with Crippen molar-refractivity contribution in [2.24, 2.45) is 23.2 Å². The maximum Gasteiger partial charge on any atom is 0.334 e.